The van der Waals surface area contributed by atoms with Crippen molar-refractivity contribution in [2.24, 2.45) is 0 Å². The zero-order valence-electron chi connectivity index (χ0n) is 10.5. The van der Waals surface area contributed by atoms with E-state index in [2.05, 4.69) is 20.7 Å². The minimum Gasteiger partial charge on any atom is -0.394 e. The Morgan fingerprint density at radius 2 is 2.47 bits per heavy atom. The largest absolute Gasteiger partial charge is 0.394 e. The predicted molar refractivity (Wildman–Crippen MR) is 70.4 cm³/mol. The highest BCUT2D eigenvalue weighted by atomic mass is 32.1. The number of aliphatic hydroxyl groups excluding tert-OH is 1. The molecule has 1 atom stereocenters. The molecule has 102 valence electrons. The number of tetrazole rings is 1. The van der Waals surface area contributed by atoms with Gasteiger partial charge in [0, 0.05) is 0 Å². The zero-order chi connectivity index (χ0) is 13.7. The van der Waals surface area contributed by atoms with Crippen LogP contribution in [0.4, 0.5) is 0 Å². The summed E-state index contributed by atoms with van der Waals surface area (Å²) in [7, 11) is 0. The van der Waals surface area contributed by atoms with Gasteiger partial charge >= 0.3 is 0 Å². The van der Waals surface area contributed by atoms with Crippen LogP contribution in [-0.2, 0) is 11.3 Å². The second kappa shape index (κ2) is 6.39. The van der Waals surface area contributed by atoms with Gasteiger partial charge in [0.05, 0.1) is 17.5 Å². The molecule has 0 aliphatic carbocycles. The molecule has 2 heterocycles. The molecule has 1 amide bonds. The molecular weight excluding hydrogens is 266 g/mol. The number of amides is 1. The van der Waals surface area contributed by atoms with E-state index in [0.29, 0.717) is 12.2 Å². The fourth-order valence-corrected chi connectivity index (χ4v) is 2.14. The minimum atomic E-state index is -0.240. The third kappa shape index (κ3) is 3.58. The molecule has 2 aromatic rings. The van der Waals surface area contributed by atoms with Gasteiger partial charge in [-0.15, -0.1) is 21.5 Å². The molecule has 2 rings (SSSR count). The summed E-state index contributed by atoms with van der Waals surface area (Å²) >= 11 is 1.51. The van der Waals surface area contributed by atoms with Crippen LogP contribution in [0.25, 0.3) is 10.7 Å². The summed E-state index contributed by atoms with van der Waals surface area (Å²) in [5.74, 6) is 0.271. The van der Waals surface area contributed by atoms with Gasteiger partial charge in [0.2, 0.25) is 11.7 Å². The molecule has 0 saturated heterocycles. The first-order valence-electron chi connectivity index (χ1n) is 5.94. The summed E-state index contributed by atoms with van der Waals surface area (Å²) < 4.78 is 0. The van der Waals surface area contributed by atoms with Crippen molar-refractivity contribution in [2.75, 3.05) is 6.61 Å². The van der Waals surface area contributed by atoms with Crippen LogP contribution in [0.1, 0.15) is 13.3 Å². The van der Waals surface area contributed by atoms with E-state index in [1.54, 1.807) is 0 Å². The highest BCUT2D eigenvalue weighted by Gasteiger charge is 2.12. The van der Waals surface area contributed by atoms with Crippen LogP contribution >= 0.6 is 11.3 Å². The van der Waals surface area contributed by atoms with Crippen molar-refractivity contribution >= 4 is 17.2 Å². The van der Waals surface area contributed by atoms with Crippen LogP contribution in [0.3, 0.4) is 0 Å². The van der Waals surface area contributed by atoms with Crippen LogP contribution in [0.15, 0.2) is 17.5 Å². The highest BCUT2D eigenvalue weighted by Crippen LogP contribution is 2.19. The lowest BCUT2D eigenvalue weighted by molar-refractivity contribution is -0.123. The molecule has 7 nitrogen and oxygen atoms in total. The molecule has 0 saturated carbocycles. The monoisotopic (exact) mass is 281 g/mol. The van der Waals surface area contributed by atoms with Crippen molar-refractivity contribution in [3.63, 3.8) is 0 Å². The Kier molecular flexibility index (Phi) is 4.58. The summed E-state index contributed by atoms with van der Waals surface area (Å²) in [6, 6.07) is 3.57. The molecule has 19 heavy (non-hydrogen) atoms. The number of rotatable bonds is 6. The van der Waals surface area contributed by atoms with Crippen LogP contribution < -0.4 is 5.32 Å². The molecule has 2 aromatic heterocycles. The van der Waals surface area contributed by atoms with Crippen LogP contribution in [0.5, 0.6) is 0 Å². The Hall–Kier alpha value is -1.80. The van der Waals surface area contributed by atoms with Crippen molar-refractivity contribution in [1.82, 2.24) is 25.5 Å². The smallest absolute Gasteiger partial charge is 0.243 e. The number of hydrogen-bond acceptors (Lipinski definition) is 6. The Balaban J connectivity index is 1.95. The molecule has 0 bridgehead atoms. The third-order valence-electron chi connectivity index (χ3n) is 2.56. The molecule has 0 spiro atoms. The summed E-state index contributed by atoms with van der Waals surface area (Å²) in [5.41, 5.74) is 0. The number of carbonyl (C=O) groups excluding carboxylic acids is 1. The second-order valence-corrected chi connectivity index (χ2v) is 4.92. The second-order valence-electron chi connectivity index (χ2n) is 3.98. The van der Waals surface area contributed by atoms with E-state index in [-0.39, 0.29) is 25.1 Å². The van der Waals surface area contributed by atoms with Gasteiger partial charge in [0.15, 0.2) is 0 Å². The number of nitrogens with zero attached hydrogens (tertiary/aromatic N) is 4. The number of nitrogens with one attached hydrogen (secondary N) is 1. The summed E-state index contributed by atoms with van der Waals surface area (Å²) in [5, 5.41) is 25.5. The van der Waals surface area contributed by atoms with Gasteiger partial charge in [-0.05, 0) is 23.1 Å². The van der Waals surface area contributed by atoms with Crippen LogP contribution in [-0.4, -0.2) is 43.9 Å². The first-order valence-corrected chi connectivity index (χ1v) is 6.82. The van der Waals surface area contributed by atoms with E-state index in [4.69, 9.17) is 5.11 Å². The lowest BCUT2D eigenvalue weighted by atomic mass is 10.2. The quantitative estimate of drug-likeness (QED) is 0.794. The molecule has 0 aliphatic rings. The van der Waals surface area contributed by atoms with Gasteiger partial charge in [-0.3, -0.25) is 4.79 Å². The normalized spacial score (nSPS) is 12.3. The Bertz CT molecular complexity index is 521. The topological polar surface area (TPSA) is 92.9 Å². The van der Waals surface area contributed by atoms with Gasteiger partial charge in [-0.25, -0.2) is 0 Å². The summed E-state index contributed by atoms with van der Waals surface area (Å²) in [4.78, 5) is 13.8. The first kappa shape index (κ1) is 13.6. The van der Waals surface area contributed by atoms with Crippen LogP contribution in [0, 0.1) is 0 Å². The zero-order valence-corrected chi connectivity index (χ0v) is 11.3. The third-order valence-corrected chi connectivity index (χ3v) is 3.42. The predicted octanol–water partition coefficient (Wildman–Crippen LogP) is 0.289. The number of thiophene rings is 1. The van der Waals surface area contributed by atoms with Crippen LogP contribution in [0.2, 0.25) is 0 Å². The van der Waals surface area contributed by atoms with Gasteiger partial charge < -0.3 is 10.4 Å². The Labute approximate surface area is 114 Å². The maximum absolute atomic E-state index is 11.7. The van der Waals surface area contributed by atoms with E-state index in [1.807, 2.05) is 24.4 Å². The molecule has 0 radical (unpaired) electrons. The van der Waals surface area contributed by atoms with E-state index in [0.717, 1.165) is 4.88 Å². The molecule has 2 N–H and O–H groups in total. The van der Waals surface area contributed by atoms with Crippen molar-refractivity contribution in [1.29, 1.82) is 0 Å². The van der Waals surface area contributed by atoms with Crippen molar-refractivity contribution in [3.8, 4) is 10.7 Å². The molecule has 0 aromatic carbocycles. The standard InChI is InChI=1S/C11H15N5O2S/c1-2-8(7-17)12-10(18)6-16-14-11(13-15-16)9-4-3-5-19-9/h3-5,8,17H,2,6-7H2,1H3,(H,12,18)/t8-/m1/s1. The Morgan fingerprint density at radius 3 is 3.11 bits per heavy atom. The number of carbonyl (C=O) groups is 1. The Morgan fingerprint density at radius 1 is 1.63 bits per heavy atom. The SMILES string of the molecule is CC[C@H](CO)NC(=O)Cn1nnc(-c2cccs2)n1. The van der Waals surface area contributed by atoms with Gasteiger partial charge in [-0.2, -0.15) is 4.80 Å². The lowest BCUT2D eigenvalue weighted by Crippen LogP contribution is -2.39. The van der Waals surface area contributed by atoms with E-state index >= 15 is 0 Å². The summed E-state index contributed by atoms with van der Waals surface area (Å²) in [6.07, 6.45) is 0.674. The van der Waals surface area contributed by atoms with Gasteiger partial charge in [0.1, 0.15) is 6.54 Å². The maximum Gasteiger partial charge on any atom is 0.243 e. The van der Waals surface area contributed by atoms with Gasteiger partial charge in [-0.1, -0.05) is 13.0 Å². The fraction of sp³-hybridized carbons (Fsp3) is 0.455. The highest BCUT2D eigenvalue weighted by molar-refractivity contribution is 7.13. The van der Waals surface area contributed by atoms with Crippen molar-refractivity contribution in [3.05, 3.63) is 17.5 Å². The summed E-state index contributed by atoms with van der Waals surface area (Å²) in [6.45, 7) is 1.81. The molecule has 8 heteroatoms. The average molecular weight is 281 g/mol. The molecule has 0 aliphatic heterocycles. The fourth-order valence-electron chi connectivity index (χ4n) is 1.49. The minimum absolute atomic E-state index is 0.00508. The lowest BCUT2D eigenvalue weighted by Gasteiger charge is -2.13. The van der Waals surface area contributed by atoms with E-state index in [1.165, 1.54) is 16.1 Å². The van der Waals surface area contributed by atoms with E-state index < -0.39 is 0 Å². The molecule has 0 fully saturated rings. The first-order chi connectivity index (χ1) is 9.22. The molecule has 0 unspecified atom stereocenters. The maximum atomic E-state index is 11.7. The van der Waals surface area contributed by atoms with E-state index in [9.17, 15) is 4.79 Å². The number of aliphatic hydroxyl groups is 1. The van der Waals surface area contributed by atoms with Crippen molar-refractivity contribution < 1.29 is 9.90 Å². The van der Waals surface area contributed by atoms with Gasteiger partial charge in [0.25, 0.3) is 0 Å². The number of aromatic nitrogens is 4. The number of hydrogen-bond donors (Lipinski definition) is 2. The average Bonchev–Trinajstić information content (AvgIpc) is 3.06. The molecular formula is C11H15N5O2S. The van der Waals surface area contributed by atoms with Crippen molar-refractivity contribution in [2.45, 2.75) is 25.9 Å².